The number of likely N-dealkylation sites (tertiary alicyclic amines) is 2. The third-order valence-electron chi connectivity index (χ3n) is 5.51. The molecule has 2 atom stereocenters. The third-order valence-corrected chi connectivity index (χ3v) is 5.51. The third kappa shape index (κ3) is 7.41. The monoisotopic (exact) mass is 368 g/mol. The number of hydrogen-bond donors (Lipinski definition) is 1. The normalized spacial score (nSPS) is 25.0. The molecule has 2 saturated heterocycles. The summed E-state index contributed by atoms with van der Waals surface area (Å²) in [5.74, 6) is 1.68. The number of aliphatic imine (C=N–C) groups is 1. The molecule has 2 fully saturated rings. The average Bonchev–Trinajstić information content (AvgIpc) is 3.11. The Morgan fingerprint density at radius 3 is 2.85 bits per heavy atom. The van der Waals surface area contributed by atoms with Crippen LogP contribution in [0.5, 0.6) is 0 Å². The number of hydrogen-bond acceptors (Lipinski definition) is 4. The van der Waals surface area contributed by atoms with Crippen LogP contribution in [0.15, 0.2) is 4.99 Å². The summed E-state index contributed by atoms with van der Waals surface area (Å²) in [6.07, 6.45) is 6.44. The van der Waals surface area contributed by atoms with E-state index in [0.717, 1.165) is 51.2 Å². The second-order valence-electron chi connectivity index (χ2n) is 7.64. The SMILES string of the molecule is CCNC(=NCCCN1CCCCC1C)N1CCC(COCCOC)C1. The molecule has 0 aromatic carbocycles. The summed E-state index contributed by atoms with van der Waals surface area (Å²) in [5, 5.41) is 3.47. The Kier molecular flexibility index (Phi) is 10.3. The molecule has 2 aliphatic heterocycles. The van der Waals surface area contributed by atoms with Crippen LogP contribution in [0.25, 0.3) is 0 Å². The second kappa shape index (κ2) is 12.5. The summed E-state index contributed by atoms with van der Waals surface area (Å²) in [4.78, 5) is 9.93. The Bertz CT molecular complexity index is 405. The van der Waals surface area contributed by atoms with Gasteiger partial charge in [-0.3, -0.25) is 4.99 Å². The fourth-order valence-electron chi connectivity index (χ4n) is 3.93. The van der Waals surface area contributed by atoms with Gasteiger partial charge in [-0.15, -0.1) is 0 Å². The van der Waals surface area contributed by atoms with Crippen LogP contribution in [0.1, 0.15) is 46.0 Å². The van der Waals surface area contributed by atoms with Gasteiger partial charge in [0.15, 0.2) is 5.96 Å². The van der Waals surface area contributed by atoms with Gasteiger partial charge in [0.1, 0.15) is 0 Å². The lowest BCUT2D eigenvalue weighted by atomic mass is 10.0. The molecule has 0 radical (unpaired) electrons. The highest BCUT2D eigenvalue weighted by atomic mass is 16.5. The zero-order valence-corrected chi connectivity index (χ0v) is 17.2. The van der Waals surface area contributed by atoms with Crippen molar-refractivity contribution in [3.8, 4) is 0 Å². The van der Waals surface area contributed by atoms with Gasteiger partial charge in [-0.2, -0.15) is 0 Å². The van der Waals surface area contributed by atoms with Crippen molar-refractivity contribution in [1.82, 2.24) is 15.1 Å². The van der Waals surface area contributed by atoms with Crippen LogP contribution in [0.4, 0.5) is 0 Å². The van der Waals surface area contributed by atoms with Crippen molar-refractivity contribution in [2.75, 3.05) is 66.2 Å². The van der Waals surface area contributed by atoms with E-state index in [1.54, 1.807) is 7.11 Å². The van der Waals surface area contributed by atoms with Gasteiger partial charge in [0.2, 0.25) is 0 Å². The summed E-state index contributed by atoms with van der Waals surface area (Å²) >= 11 is 0. The predicted molar refractivity (Wildman–Crippen MR) is 108 cm³/mol. The molecule has 2 unspecified atom stereocenters. The van der Waals surface area contributed by atoms with Crippen LogP contribution in [-0.2, 0) is 9.47 Å². The van der Waals surface area contributed by atoms with Gasteiger partial charge in [0.25, 0.3) is 0 Å². The van der Waals surface area contributed by atoms with E-state index in [1.165, 1.54) is 38.8 Å². The minimum absolute atomic E-state index is 0.602. The fraction of sp³-hybridized carbons (Fsp3) is 0.950. The van der Waals surface area contributed by atoms with Gasteiger partial charge in [-0.05, 0) is 46.1 Å². The standard InChI is InChI=1S/C20H40N4O2/c1-4-21-20(22-10-7-12-23-11-6-5-8-18(23)2)24-13-9-19(16-24)17-26-15-14-25-3/h18-19H,4-17H2,1-3H3,(H,21,22). The maximum absolute atomic E-state index is 5.70. The van der Waals surface area contributed by atoms with Gasteiger partial charge in [-0.1, -0.05) is 6.42 Å². The highest BCUT2D eigenvalue weighted by molar-refractivity contribution is 5.80. The minimum atomic E-state index is 0.602. The maximum Gasteiger partial charge on any atom is 0.193 e. The van der Waals surface area contributed by atoms with E-state index in [0.29, 0.717) is 19.1 Å². The van der Waals surface area contributed by atoms with Crippen molar-refractivity contribution in [1.29, 1.82) is 0 Å². The molecule has 0 amide bonds. The van der Waals surface area contributed by atoms with Crippen molar-refractivity contribution >= 4 is 5.96 Å². The fourth-order valence-corrected chi connectivity index (χ4v) is 3.93. The molecule has 6 nitrogen and oxygen atoms in total. The highest BCUT2D eigenvalue weighted by Gasteiger charge is 2.25. The Hall–Kier alpha value is -0.850. The smallest absolute Gasteiger partial charge is 0.193 e. The Morgan fingerprint density at radius 2 is 2.08 bits per heavy atom. The molecule has 0 aromatic heterocycles. The van der Waals surface area contributed by atoms with Gasteiger partial charge in [-0.25, -0.2) is 0 Å². The molecular formula is C20H40N4O2. The molecule has 2 heterocycles. The molecule has 0 saturated carbocycles. The summed E-state index contributed by atoms with van der Waals surface area (Å²) in [6.45, 7) is 13.1. The summed E-state index contributed by atoms with van der Waals surface area (Å²) in [7, 11) is 1.71. The van der Waals surface area contributed by atoms with Crippen LogP contribution in [-0.4, -0.2) is 88.0 Å². The Balaban J connectivity index is 1.70. The predicted octanol–water partition coefficient (Wildman–Crippen LogP) is 2.20. The van der Waals surface area contributed by atoms with E-state index in [-0.39, 0.29) is 0 Å². The largest absolute Gasteiger partial charge is 0.382 e. The number of guanidine groups is 1. The lowest BCUT2D eigenvalue weighted by Gasteiger charge is -2.33. The lowest BCUT2D eigenvalue weighted by Crippen LogP contribution is -2.41. The highest BCUT2D eigenvalue weighted by Crippen LogP contribution is 2.18. The first-order valence-corrected chi connectivity index (χ1v) is 10.6. The number of nitrogens with zero attached hydrogens (tertiary/aromatic N) is 3. The number of piperidine rings is 1. The molecule has 1 N–H and O–H groups in total. The van der Waals surface area contributed by atoms with Crippen LogP contribution in [0.3, 0.4) is 0 Å². The number of methoxy groups -OCH3 is 1. The number of rotatable bonds is 10. The molecule has 26 heavy (non-hydrogen) atoms. The topological polar surface area (TPSA) is 49.3 Å². The van der Waals surface area contributed by atoms with E-state index in [4.69, 9.17) is 14.5 Å². The Labute approximate surface area is 160 Å². The minimum Gasteiger partial charge on any atom is -0.382 e. The quantitative estimate of drug-likeness (QED) is 0.364. The summed E-state index contributed by atoms with van der Waals surface area (Å²) in [6, 6.07) is 0.749. The van der Waals surface area contributed by atoms with Crippen LogP contribution in [0, 0.1) is 5.92 Å². The molecule has 0 bridgehead atoms. The number of nitrogens with one attached hydrogen (secondary N) is 1. The van der Waals surface area contributed by atoms with E-state index in [1.807, 2.05) is 0 Å². The van der Waals surface area contributed by atoms with Crippen molar-refractivity contribution in [3.63, 3.8) is 0 Å². The number of ether oxygens (including phenoxy) is 2. The first kappa shape index (κ1) is 21.5. The summed E-state index contributed by atoms with van der Waals surface area (Å²) < 4.78 is 10.7. The first-order chi connectivity index (χ1) is 12.7. The zero-order chi connectivity index (χ0) is 18.6. The molecule has 0 aromatic rings. The molecular weight excluding hydrogens is 328 g/mol. The molecule has 0 aliphatic carbocycles. The molecule has 0 spiro atoms. The second-order valence-corrected chi connectivity index (χ2v) is 7.64. The Morgan fingerprint density at radius 1 is 1.19 bits per heavy atom. The van der Waals surface area contributed by atoms with Gasteiger partial charge >= 0.3 is 0 Å². The van der Waals surface area contributed by atoms with Crippen molar-refractivity contribution in [2.45, 2.75) is 52.0 Å². The molecule has 152 valence electrons. The van der Waals surface area contributed by atoms with E-state index < -0.39 is 0 Å². The van der Waals surface area contributed by atoms with Crippen LogP contribution < -0.4 is 5.32 Å². The summed E-state index contributed by atoms with van der Waals surface area (Å²) in [5.41, 5.74) is 0. The van der Waals surface area contributed by atoms with Gasteiger partial charge in [0, 0.05) is 51.8 Å². The van der Waals surface area contributed by atoms with E-state index in [9.17, 15) is 0 Å². The van der Waals surface area contributed by atoms with Crippen molar-refractivity contribution in [3.05, 3.63) is 0 Å². The molecule has 2 rings (SSSR count). The maximum atomic E-state index is 5.70. The van der Waals surface area contributed by atoms with E-state index >= 15 is 0 Å². The first-order valence-electron chi connectivity index (χ1n) is 10.6. The van der Waals surface area contributed by atoms with Gasteiger partial charge < -0.3 is 24.6 Å². The van der Waals surface area contributed by atoms with Gasteiger partial charge in [0.05, 0.1) is 19.8 Å². The van der Waals surface area contributed by atoms with Crippen LogP contribution in [0.2, 0.25) is 0 Å². The lowest BCUT2D eigenvalue weighted by molar-refractivity contribution is 0.0536. The van der Waals surface area contributed by atoms with Crippen molar-refractivity contribution < 1.29 is 9.47 Å². The molecule has 6 heteroatoms. The van der Waals surface area contributed by atoms with Crippen molar-refractivity contribution in [2.24, 2.45) is 10.9 Å². The van der Waals surface area contributed by atoms with Crippen LogP contribution >= 0.6 is 0 Å². The van der Waals surface area contributed by atoms with E-state index in [2.05, 4.69) is 29.0 Å². The molecule has 2 aliphatic rings. The average molecular weight is 369 g/mol. The zero-order valence-electron chi connectivity index (χ0n) is 17.2.